The Morgan fingerprint density at radius 2 is 2.05 bits per heavy atom. The number of nitrogens with zero attached hydrogens (tertiary/aromatic N) is 1. The third-order valence-electron chi connectivity index (χ3n) is 3.62. The minimum Gasteiger partial charge on any atom is -0.341 e. The van der Waals surface area contributed by atoms with Gasteiger partial charge in [-0.25, -0.2) is 8.42 Å². The Morgan fingerprint density at radius 1 is 1.43 bits per heavy atom. The zero-order valence-electron chi connectivity index (χ0n) is 11.3. The summed E-state index contributed by atoms with van der Waals surface area (Å²) in [4.78, 5) is 13.8. The average Bonchev–Trinajstić information content (AvgIpc) is 2.31. The number of rotatable bonds is 4. The number of carbonyl (C=O) groups is 1. The molecule has 1 saturated carbocycles. The van der Waals surface area contributed by atoms with Crippen molar-refractivity contribution in [3.05, 3.63) is 27.2 Å². The van der Waals surface area contributed by atoms with Crippen LogP contribution in [-0.2, 0) is 9.05 Å². The van der Waals surface area contributed by atoms with Gasteiger partial charge in [0, 0.05) is 28.7 Å². The van der Waals surface area contributed by atoms with Crippen molar-refractivity contribution in [3.8, 4) is 0 Å². The number of benzene rings is 1. The first kappa shape index (κ1) is 17.1. The number of carbonyl (C=O) groups excluding carboxylic acids is 1. The lowest BCUT2D eigenvalue weighted by molar-refractivity contribution is 0.0745. The molecule has 2 rings (SSSR count). The van der Waals surface area contributed by atoms with Crippen LogP contribution in [-0.4, -0.2) is 32.8 Å². The molecule has 0 aromatic heterocycles. The Morgan fingerprint density at radius 3 is 2.52 bits per heavy atom. The van der Waals surface area contributed by atoms with Gasteiger partial charge >= 0.3 is 0 Å². The van der Waals surface area contributed by atoms with Crippen LogP contribution < -0.4 is 0 Å². The molecule has 1 fully saturated rings. The van der Waals surface area contributed by atoms with E-state index in [-0.39, 0.29) is 25.9 Å². The maximum Gasteiger partial charge on any atom is 0.262 e. The molecule has 0 radical (unpaired) electrons. The van der Waals surface area contributed by atoms with Crippen molar-refractivity contribution in [2.45, 2.75) is 24.2 Å². The number of amides is 1. The quantitative estimate of drug-likeness (QED) is 0.702. The Labute approximate surface area is 142 Å². The Bertz CT molecular complexity index is 674. The molecule has 0 saturated heterocycles. The molecule has 0 bridgehead atoms. The summed E-state index contributed by atoms with van der Waals surface area (Å²) in [7, 11) is 3.10. The van der Waals surface area contributed by atoms with Crippen LogP contribution in [0.3, 0.4) is 0 Å². The summed E-state index contributed by atoms with van der Waals surface area (Å²) in [6.07, 6.45) is 3.43. The van der Waals surface area contributed by atoms with Crippen LogP contribution in [0.5, 0.6) is 0 Å². The van der Waals surface area contributed by atoms with E-state index in [0.717, 1.165) is 12.8 Å². The summed E-state index contributed by atoms with van der Waals surface area (Å²) in [5.74, 6) is 0.213. The van der Waals surface area contributed by atoms with E-state index in [1.807, 2.05) is 0 Å². The highest BCUT2D eigenvalue weighted by molar-refractivity contribution is 9.10. The lowest BCUT2D eigenvalue weighted by atomic mass is 9.85. The van der Waals surface area contributed by atoms with Crippen molar-refractivity contribution in [1.82, 2.24) is 4.90 Å². The highest BCUT2D eigenvalue weighted by atomic mass is 79.9. The van der Waals surface area contributed by atoms with Crippen LogP contribution in [0.1, 0.15) is 29.6 Å². The fourth-order valence-electron chi connectivity index (χ4n) is 2.23. The van der Waals surface area contributed by atoms with E-state index in [1.165, 1.54) is 18.6 Å². The molecular weight excluding hydrogens is 401 g/mol. The van der Waals surface area contributed by atoms with Crippen LogP contribution >= 0.6 is 38.2 Å². The van der Waals surface area contributed by atoms with E-state index in [4.69, 9.17) is 22.3 Å². The molecule has 116 valence electrons. The van der Waals surface area contributed by atoms with Crippen molar-refractivity contribution in [2.24, 2.45) is 5.92 Å². The molecule has 0 heterocycles. The Balaban J connectivity index is 2.31. The van der Waals surface area contributed by atoms with Crippen molar-refractivity contribution >= 4 is 53.2 Å². The normalized spacial score (nSPS) is 15.6. The van der Waals surface area contributed by atoms with E-state index in [9.17, 15) is 13.2 Å². The highest BCUT2D eigenvalue weighted by Gasteiger charge is 2.25. The summed E-state index contributed by atoms with van der Waals surface area (Å²) < 4.78 is 23.3. The first-order chi connectivity index (χ1) is 9.70. The predicted octanol–water partition coefficient (Wildman–Crippen LogP) is 3.90. The Hall–Kier alpha value is -0.300. The molecule has 8 heteroatoms. The second-order valence-corrected chi connectivity index (χ2v) is 8.98. The number of halogens is 3. The van der Waals surface area contributed by atoms with Gasteiger partial charge in [0.1, 0.15) is 0 Å². The van der Waals surface area contributed by atoms with Gasteiger partial charge in [-0.15, -0.1) is 0 Å². The SMILES string of the molecule is CN(CC1CCC1)C(=O)c1cc(S(=O)(=O)Cl)c(Br)cc1Cl. The lowest BCUT2D eigenvalue weighted by Crippen LogP contribution is -2.34. The first-order valence-corrected chi connectivity index (χ1v) is 9.87. The molecule has 0 N–H and O–H groups in total. The molecule has 1 aromatic carbocycles. The second-order valence-electron chi connectivity index (χ2n) is 5.18. The number of hydrogen-bond acceptors (Lipinski definition) is 3. The Kier molecular flexibility index (Phi) is 5.23. The highest BCUT2D eigenvalue weighted by Crippen LogP contribution is 2.32. The fourth-order valence-corrected chi connectivity index (χ4v) is 4.80. The summed E-state index contributed by atoms with van der Waals surface area (Å²) in [6.45, 7) is 0.647. The monoisotopic (exact) mass is 413 g/mol. The molecule has 1 amide bonds. The molecule has 21 heavy (non-hydrogen) atoms. The van der Waals surface area contributed by atoms with Gasteiger partial charge in [-0.05, 0) is 46.8 Å². The third kappa shape index (κ3) is 3.92. The molecular formula is C13H14BrCl2NO3S. The van der Waals surface area contributed by atoms with E-state index in [2.05, 4.69) is 15.9 Å². The average molecular weight is 415 g/mol. The summed E-state index contributed by atoms with van der Waals surface area (Å²) in [6, 6.07) is 2.59. The van der Waals surface area contributed by atoms with Crippen LogP contribution in [0.15, 0.2) is 21.5 Å². The molecule has 1 aliphatic carbocycles. The summed E-state index contributed by atoms with van der Waals surface area (Å²) >= 11 is 9.15. The van der Waals surface area contributed by atoms with Crippen molar-refractivity contribution in [1.29, 1.82) is 0 Å². The largest absolute Gasteiger partial charge is 0.341 e. The van der Waals surface area contributed by atoms with Gasteiger partial charge in [0.2, 0.25) is 0 Å². The van der Waals surface area contributed by atoms with E-state index >= 15 is 0 Å². The molecule has 1 aromatic rings. The minimum atomic E-state index is -3.95. The van der Waals surface area contributed by atoms with E-state index in [0.29, 0.717) is 12.5 Å². The minimum absolute atomic E-state index is 0.140. The topological polar surface area (TPSA) is 54.5 Å². The van der Waals surface area contributed by atoms with Gasteiger partial charge in [0.05, 0.1) is 15.5 Å². The first-order valence-electron chi connectivity index (χ1n) is 6.39. The number of hydrogen-bond donors (Lipinski definition) is 0. The van der Waals surface area contributed by atoms with Crippen molar-refractivity contribution in [2.75, 3.05) is 13.6 Å². The van der Waals surface area contributed by atoms with Gasteiger partial charge in [-0.3, -0.25) is 4.79 Å². The maximum atomic E-state index is 12.4. The second kappa shape index (κ2) is 6.44. The van der Waals surface area contributed by atoms with Gasteiger partial charge in [0.25, 0.3) is 15.0 Å². The smallest absolute Gasteiger partial charge is 0.262 e. The van der Waals surface area contributed by atoms with Crippen molar-refractivity contribution < 1.29 is 13.2 Å². The van der Waals surface area contributed by atoms with Gasteiger partial charge < -0.3 is 4.90 Å². The summed E-state index contributed by atoms with van der Waals surface area (Å²) in [5, 5.41) is 0.191. The van der Waals surface area contributed by atoms with Crippen LogP contribution in [0.25, 0.3) is 0 Å². The van der Waals surface area contributed by atoms with E-state index in [1.54, 1.807) is 11.9 Å². The zero-order chi connectivity index (χ0) is 15.8. The maximum absolute atomic E-state index is 12.4. The van der Waals surface area contributed by atoms with Crippen LogP contribution in [0, 0.1) is 5.92 Å². The molecule has 0 atom stereocenters. The molecule has 4 nitrogen and oxygen atoms in total. The van der Waals surface area contributed by atoms with Gasteiger partial charge in [0.15, 0.2) is 0 Å². The standard InChI is InChI=1S/C13H14BrCl2NO3S/c1-17(7-8-3-2-4-8)13(18)9-5-12(21(16,19)20)10(14)6-11(9)15/h5-6,8H,2-4,7H2,1H3. The van der Waals surface area contributed by atoms with Crippen molar-refractivity contribution in [3.63, 3.8) is 0 Å². The third-order valence-corrected chi connectivity index (χ3v) is 6.21. The molecule has 0 unspecified atom stereocenters. The van der Waals surface area contributed by atoms with E-state index < -0.39 is 9.05 Å². The molecule has 0 aliphatic heterocycles. The predicted molar refractivity (Wildman–Crippen MR) is 86.5 cm³/mol. The summed E-state index contributed by atoms with van der Waals surface area (Å²) in [5.41, 5.74) is 0.140. The van der Waals surface area contributed by atoms with Gasteiger partial charge in [-0.2, -0.15) is 0 Å². The van der Waals surface area contributed by atoms with Gasteiger partial charge in [-0.1, -0.05) is 18.0 Å². The molecule has 0 spiro atoms. The van der Waals surface area contributed by atoms with Crippen LogP contribution in [0.2, 0.25) is 5.02 Å². The fraction of sp³-hybridized carbons (Fsp3) is 0.462. The molecule has 1 aliphatic rings. The zero-order valence-corrected chi connectivity index (χ0v) is 15.2. The van der Waals surface area contributed by atoms with Crippen LogP contribution in [0.4, 0.5) is 0 Å². The lowest BCUT2D eigenvalue weighted by Gasteiger charge is -2.30.